The Morgan fingerprint density at radius 2 is 1.81 bits per heavy atom. The minimum atomic E-state index is -0.365. The second-order valence-electron chi connectivity index (χ2n) is 7.66. The first kappa shape index (κ1) is 20.4. The van der Waals surface area contributed by atoms with Crippen LogP contribution in [0.3, 0.4) is 0 Å². The zero-order valence-corrected chi connectivity index (χ0v) is 18.4. The van der Waals surface area contributed by atoms with Gasteiger partial charge in [-0.3, -0.25) is 14.9 Å². The Morgan fingerprint density at radius 1 is 1.03 bits per heavy atom. The summed E-state index contributed by atoms with van der Waals surface area (Å²) < 4.78 is 13.3. The summed E-state index contributed by atoms with van der Waals surface area (Å²) in [6, 6.07) is 17.8. The first-order chi connectivity index (χ1) is 15.5. The number of hydrogen-bond donors (Lipinski definition) is 1. The topological polar surface area (TPSA) is 82.5 Å². The van der Waals surface area contributed by atoms with Crippen molar-refractivity contribution in [2.24, 2.45) is 7.05 Å². The number of rotatable bonds is 6. The van der Waals surface area contributed by atoms with Crippen molar-refractivity contribution in [3.8, 4) is 11.5 Å². The molecule has 4 aromatic rings. The largest absolute Gasteiger partial charge is 0.497 e. The number of ether oxygens (including phenoxy) is 2. The maximum absolute atomic E-state index is 11.8. The van der Waals surface area contributed by atoms with Gasteiger partial charge in [-0.05, 0) is 47.0 Å². The lowest BCUT2D eigenvalue weighted by Crippen LogP contribution is -2.25. The van der Waals surface area contributed by atoms with Crippen molar-refractivity contribution in [1.82, 2.24) is 14.9 Å². The standard InChI is InChI=1S/C24H21N3O4S/c1-27-20-12-17(30-2)7-8-19(20)25-22(27)13-31-18-6-5-15-9-14(3-4-16(15)11-18)10-21-23(28)26-24(29)32-21/h3-9,11-12,21H,10,13H2,1-2H3,(H,26,28,29). The molecule has 0 spiro atoms. The highest BCUT2D eigenvalue weighted by Gasteiger charge is 2.31. The number of benzene rings is 3. The maximum Gasteiger partial charge on any atom is 0.286 e. The highest BCUT2D eigenvalue weighted by molar-refractivity contribution is 8.15. The van der Waals surface area contributed by atoms with Gasteiger partial charge in [-0.25, -0.2) is 4.98 Å². The van der Waals surface area contributed by atoms with Crippen LogP contribution in [0.25, 0.3) is 21.8 Å². The van der Waals surface area contributed by atoms with Crippen LogP contribution in [0.1, 0.15) is 11.4 Å². The van der Waals surface area contributed by atoms with Crippen molar-refractivity contribution < 1.29 is 19.1 Å². The van der Waals surface area contributed by atoms with Gasteiger partial charge in [-0.15, -0.1) is 0 Å². The second kappa shape index (κ2) is 8.20. The second-order valence-corrected chi connectivity index (χ2v) is 8.84. The van der Waals surface area contributed by atoms with E-state index in [1.54, 1.807) is 7.11 Å². The molecule has 0 radical (unpaired) electrons. The third-order valence-corrected chi connectivity index (χ3v) is 6.59. The van der Waals surface area contributed by atoms with Gasteiger partial charge in [0.15, 0.2) is 0 Å². The number of thioether (sulfide) groups is 1. The van der Waals surface area contributed by atoms with Gasteiger partial charge < -0.3 is 14.0 Å². The Kier molecular flexibility index (Phi) is 5.22. The number of imide groups is 1. The van der Waals surface area contributed by atoms with E-state index in [0.717, 1.165) is 56.5 Å². The number of fused-ring (bicyclic) bond motifs is 2. The fourth-order valence-corrected chi connectivity index (χ4v) is 4.71. The van der Waals surface area contributed by atoms with Crippen LogP contribution in [0.5, 0.6) is 11.5 Å². The molecule has 8 heteroatoms. The Balaban J connectivity index is 1.31. The first-order valence-corrected chi connectivity index (χ1v) is 11.0. The molecule has 7 nitrogen and oxygen atoms in total. The summed E-state index contributed by atoms with van der Waals surface area (Å²) in [5.41, 5.74) is 2.90. The van der Waals surface area contributed by atoms with Crippen LogP contribution < -0.4 is 14.8 Å². The minimum absolute atomic E-state index is 0.218. The number of imidazole rings is 1. The highest BCUT2D eigenvalue weighted by atomic mass is 32.2. The molecule has 5 rings (SSSR count). The molecule has 1 N–H and O–H groups in total. The number of carbonyl (C=O) groups excluding carboxylic acids is 2. The lowest BCUT2D eigenvalue weighted by atomic mass is 10.0. The van der Waals surface area contributed by atoms with Crippen molar-refractivity contribution in [2.45, 2.75) is 18.3 Å². The average Bonchev–Trinajstić information content (AvgIpc) is 3.29. The van der Waals surface area contributed by atoms with Crippen molar-refractivity contribution in [3.05, 3.63) is 66.0 Å². The zero-order chi connectivity index (χ0) is 22.2. The summed E-state index contributed by atoms with van der Waals surface area (Å²) in [5, 5.41) is 3.79. The molecule has 1 aliphatic heterocycles. The molecule has 32 heavy (non-hydrogen) atoms. The summed E-state index contributed by atoms with van der Waals surface area (Å²) in [6.07, 6.45) is 0.522. The monoisotopic (exact) mass is 447 g/mol. The van der Waals surface area contributed by atoms with Gasteiger partial charge in [-0.1, -0.05) is 36.0 Å². The van der Waals surface area contributed by atoms with Gasteiger partial charge in [0.1, 0.15) is 23.9 Å². The van der Waals surface area contributed by atoms with Crippen molar-refractivity contribution in [3.63, 3.8) is 0 Å². The first-order valence-electron chi connectivity index (χ1n) is 10.2. The lowest BCUT2D eigenvalue weighted by molar-refractivity contribution is -0.118. The normalized spacial score (nSPS) is 16.0. The molecule has 3 aromatic carbocycles. The van der Waals surface area contributed by atoms with Crippen molar-refractivity contribution >= 4 is 44.7 Å². The van der Waals surface area contributed by atoms with E-state index < -0.39 is 0 Å². The van der Waals surface area contributed by atoms with E-state index in [1.165, 1.54) is 0 Å². The quantitative estimate of drug-likeness (QED) is 0.477. The smallest absolute Gasteiger partial charge is 0.286 e. The van der Waals surface area contributed by atoms with Crippen molar-refractivity contribution in [1.29, 1.82) is 0 Å². The SMILES string of the molecule is COc1ccc2nc(COc3ccc4cc(CC5SC(=O)NC5=O)ccc4c3)n(C)c2c1. The van der Waals surface area contributed by atoms with Gasteiger partial charge in [0.2, 0.25) is 5.91 Å². The van der Waals surface area contributed by atoms with Gasteiger partial charge in [0.25, 0.3) is 5.24 Å². The summed E-state index contributed by atoms with van der Waals surface area (Å²) in [7, 11) is 3.61. The minimum Gasteiger partial charge on any atom is -0.497 e. The third-order valence-electron chi connectivity index (χ3n) is 5.61. The van der Waals surface area contributed by atoms with Crippen LogP contribution in [-0.4, -0.2) is 33.1 Å². The van der Waals surface area contributed by atoms with E-state index in [-0.39, 0.29) is 16.4 Å². The Hall–Kier alpha value is -3.52. The third kappa shape index (κ3) is 3.89. The fourth-order valence-electron chi connectivity index (χ4n) is 3.86. The number of nitrogens with zero attached hydrogens (tertiary/aromatic N) is 2. The maximum atomic E-state index is 11.8. The molecule has 1 saturated heterocycles. The summed E-state index contributed by atoms with van der Waals surface area (Å²) in [5.74, 6) is 2.15. The number of carbonyl (C=O) groups is 2. The van der Waals surface area contributed by atoms with Crippen LogP contribution in [0.4, 0.5) is 4.79 Å². The van der Waals surface area contributed by atoms with Crippen LogP contribution >= 0.6 is 11.8 Å². The molecule has 162 valence electrons. The number of hydrogen-bond acceptors (Lipinski definition) is 6. The average molecular weight is 448 g/mol. The molecule has 1 unspecified atom stereocenters. The molecule has 0 saturated carbocycles. The van der Waals surface area contributed by atoms with E-state index in [1.807, 2.05) is 60.1 Å². The zero-order valence-electron chi connectivity index (χ0n) is 17.6. The molecule has 2 amide bonds. The number of methoxy groups -OCH3 is 1. The predicted octanol–water partition coefficient (Wildman–Crippen LogP) is 4.21. The predicted molar refractivity (Wildman–Crippen MR) is 124 cm³/mol. The number of aromatic nitrogens is 2. The van der Waals surface area contributed by atoms with E-state index in [0.29, 0.717) is 13.0 Å². The summed E-state index contributed by atoms with van der Waals surface area (Å²) >= 11 is 1.05. The van der Waals surface area contributed by atoms with Crippen LogP contribution in [0.15, 0.2) is 54.6 Å². The Morgan fingerprint density at radius 3 is 2.59 bits per heavy atom. The van der Waals surface area contributed by atoms with E-state index in [9.17, 15) is 9.59 Å². The van der Waals surface area contributed by atoms with Gasteiger partial charge >= 0.3 is 0 Å². The molecule has 1 aliphatic rings. The van der Waals surface area contributed by atoms with Crippen molar-refractivity contribution in [2.75, 3.05) is 7.11 Å². The van der Waals surface area contributed by atoms with E-state index >= 15 is 0 Å². The molecular weight excluding hydrogens is 426 g/mol. The van der Waals surface area contributed by atoms with Crippen LogP contribution in [-0.2, 0) is 24.9 Å². The van der Waals surface area contributed by atoms with E-state index in [2.05, 4.69) is 16.4 Å². The summed E-state index contributed by atoms with van der Waals surface area (Å²) in [6.45, 7) is 0.346. The van der Waals surface area contributed by atoms with E-state index in [4.69, 9.17) is 9.47 Å². The number of amides is 2. The Bertz CT molecular complexity index is 1360. The molecular formula is C24H21N3O4S. The van der Waals surface area contributed by atoms with Gasteiger partial charge in [0.05, 0.1) is 23.4 Å². The molecule has 1 atom stereocenters. The Labute approximate surface area is 188 Å². The van der Waals surface area contributed by atoms with Crippen LogP contribution in [0, 0.1) is 0 Å². The van der Waals surface area contributed by atoms with Crippen LogP contribution in [0.2, 0.25) is 0 Å². The van der Waals surface area contributed by atoms with Gasteiger partial charge in [-0.2, -0.15) is 0 Å². The number of aryl methyl sites for hydroxylation is 1. The molecule has 1 aromatic heterocycles. The lowest BCUT2D eigenvalue weighted by Gasteiger charge is -2.10. The number of nitrogens with one attached hydrogen (secondary N) is 1. The van der Waals surface area contributed by atoms with Gasteiger partial charge in [0, 0.05) is 13.1 Å². The fraction of sp³-hybridized carbons (Fsp3) is 0.208. The molecule has 1 fully saturated rings. The summed E-state index contributed by atoms with van der Waals surface area (Å²) in [4.78, 5) is 27.9. The molecule has 2 heterocycles. The highest BCUT2D eigenvalue weighted by Crippen LogP contribution is 2.27. The molecule has 0 aliphatic carbocycles. The molecule has 0 bridgehead atoms.